The predicted molar refractivity (Wildman–Crippen MR) is 106 cm³/mol. The van der Waals surface area contributed by atoms with Crippen LogP contribution >= 0.6 is 0 Å². The number of carbonyl (C=O) groups is 2. The minimum atomic E-state index is -0.332. The number of H-pyrrole nitrogens is 1. The van der Waals surface area contributed by atoms with E-state index in [0.717, 1.165) is 28.2 Å². The molecular weight excluding hydrogens is 378 g/mol. The van der Waals surface area contributed by atoms with Gasteiger partial charge in [-0.05, 0) is 37.6 Å². The van der Waals surface area contributed by atoms with Crippen molar-refractivity contribution in [2.45, 2.75) is 13.8 Å². The fourth-order valence-corrected chi connectivity index (χ4v) is 3.19. The monoisotopic (exact) mass is 403 g/mol. The Morgan fingerprint density at radius 2 is 1.89 bits per heavy atom. The second-order valence-electron chi connectivity index (χ2n) is 7.95. The third-order valence-corrected chi connectivity index (χ3v) is 4.40. The van der Waals surface area contributed by atoms with Gasteiger partial charge in [0.1, 0.15) is 0 Å². The maximum absolute atomic E-state index is 13.0. The average molecular weight is 404 g/mol. The van der Waals surface area contributed by atoms with Crippen molar-refractivity contribution in [3.63, 3.8) is 0 Å². The first kappa shape index (κ1) is 21.7. The average Bonchev–Trinajstić information content (AvgIpc) is 3.01. The molecule has 0 aliphatic carbocycles. The van der Waals surface area contributed by atoms with Gasteiger partial charge >= 0.3 is 5.97 Å². The van der Waals surface area contributed by atoms with Crippen LogP contribution in [0.3, 0.4) is 0 Å². The Hall–Kier alpha value is -2.57. The van der Waals surface area contributed by atoms with Crippen LogP contribution in [0.25, 0.3) is 11.6 Å². The van der Waals surface area contributed by atoms with Gasteiger partial charge in [0.25, 0.3) is 5.91 Å². The Labute approximate surface area is 171 Å². The molecule has 0 atom stereocenters. The molecular formula is C21H26ClN3O3. The van der Waals surface area contributed by atoms with Crippen molar-refractivity contribution < 1.29 is 31.2 Å². The van der Waals surface area contributed by atoms with Gasteiger partial charge in [-0.2, -0.15) is 0 Å². The molecule has 2 aromatic rings. The standard InChI is InChI=1S/C21H25N3O3.ClH/c1-14-10-15(2)22-18(14)11-17-16-8-6-7-9-19(16)23(21(17)26)13-27-20(25)12-24(3,4)5;/h6-11H,12-13H2,1-5H3;1H. The Morgan fingerprint density at radius 3 is 2.50 bits per heavy atom. The number of aromatic nitrogens is 1. The number of aryl methyl sites for hydroxylation is 2. The number of fused-ring (bicyclic) bond motifs is 1. The zero-order valence-corrected chi connectivity index (χ0v) is 17.6. The van der Waals surface area contributed by atoms with Gasteiger partial charge in [-0.15, -0.1) is 0 Å². The summed E-state index contributed by atoms with van der Waals surface area (Å²) in [6, 6.07) is 9.61. The second-order valence-corrected chi connectivity index (χ2v) is 7.95. The fourth-order valence-electron chi connectivity index (χ4n) is 3.19. The van der Waals surface area contributed by atoms with Gasteiger partial charge in [-0.25, -0.2) is 4.79 Å². The van der Waals surface area contributed by atoms with Gasteiger partial charge in [-0.3, -0.25) is 9.69 Å². The van der Waals surface area contributed by atoms with E-state index in [-0.39, 0.29) is 37.6 Å². The first-order valence-electron chi connectivity index (χ1n) is 8.91. The molecule has 6 nitrogen and oxygen atoms in total. The fraction of sp³-hybridized carbons (Fsp3) is 0.333. The number of anilines is 1. The third kappa shape index (κ3) is 4.64. The molecule has 3 rings (SSSR count). The van der Waals surface area contributed by atoms with Crippen LogP contribution in [-0.2, 0) is 14.3 Å². The molecule has 1 aliphatic heterocycles. The third-order valence-electron chi connectivity index (χ3n) is 4.40. The number of hydrogen-bond donors (Lipinski definition) is 1. The molecule has 1 aromatic carbocycles. The maximum atomic E-state index is 13.0. The second kappa shape index (κ2) is 8.20. The highest BCUT2D eigenvalue weighted by Crippen LogP contribution is 2.37. The molecule has 1 aromatic heterocycles. The van der Waals surface area contributed by atoms with Crippen molar-refractivity contribution in [1.29, 1.82) is 0 Å². The zero-order valence-electron chi connectivity index (χ0n) is 16.9. The summed E-state index contributed by atoms with van der Waals surface area (Å²) in [5.41, 5.74) is 5.24. The minimum absolute atomic E-state index is 0. The Bertz CT molecular complexity index is 925. The number of nitrogens with one attached hydrogen (secondary N) is 1. The molecule has 0 spiro atoms. The van der Waals surface area contributed by atoms with Gasteiger partial charge in [0.2, 0.25) is 0 Å². The lowest BCUT2D eigenvalue weighted by Crippen LogP contribution is -3.00. The van der Waals surface area contributed by atoms with E-state index < -0.39 is 0 Å². The number of halogens is 1. The summed E-state index contributed by atoms with van der Waals surface area (Å²) in [6.07, 6.45) is 1.87. The van der Waals surface area contributed by atoms with Gasteiger partial charge in [0.05, 0.1) is 32.4 Å². The Kier molecular flexibility index (Phi) is 6.37. The zero-order chi connectivity index (χ0) is 19.8. The molecule has 0 radical (unpaired) electrons. The summed E-state index contributed by atoms with van der Waals surface area (Å²) in [7, 11) is 5.75. The predicted octanol–water partition coefficient (Wildman–Crippen LogP) is -0.270. The number of amides is 1. The molecule has 7 heteroatoms. The number of esters is 1. The molecule has 150 valence electrons. The van der Waals surface area contributed by atoms with Crippen LogP contribution in [0.1, 0.15) is 22.5 Å². The van der Waals surface area contributed by atoms with E-state index in [0.29, 0.717) is 10.1 Å². The van der Waals surface area contributed by atoms with Crippen LogP contribution < -0.4 is 17.3 Å². The number of aromatic amines is 1. The molecule has 0 unspecified atom stereocenters. The number of likely N-dealkylation sites (N-methyl/N-ethyl adjacent to an activating group) is 1. The summed E-state index contributed by atoms with van der Waals surface area (Å²) in [4.78, 5) is 29.9. The first-order chi connectivity index (χ1) is 12.7. The van der Waals surface area contributed by atoms with Gasteiger partial charge < -0.3 is 26.6 Å². The molecule has 1 N–H and O–H groups in total. The van der Waals surface area contributed by atoms with Crippen LogP contribution in [0.15, 0.2) is 30.3 Å². The largest absolute Gasteiger partial charge is 1.00 e. The molecule has 2 heterocycles. The van der Waals surface area contributed by atoms with Gasteiger partial charge in [-0.1, -0.05) is 18.2 Å². The normalized spacial score (nSPS) is 14.8. The van der Waals surface area contributed by atoms with Crippen LogP contribution in [0.5, 0.6) is 0 Å². The van der Waals surface area contributed by atoms with E-state index in [1.54, 1.807) is 0 Å². The SMILES string of the molecule is Cc1cc(C)c(/C=C2\C(=O)N(COC(=O)C[N+](C)(C)C)c3ccccc32)[nH]1.[Cl-]. The number of para-hydroxylation sites is 1. The van der Waals surface area contributed by atoms with Crippen LogP contribution in [0.2, 0.25) is 0 Å². The van der Waals surface area contributed by atoms with E-state index in [1.165, 1.54) is 4.90 Å². The van der Waals surface area contributed by atoms with Gasteiger partial charge in [0.15, 0.2) is 13.3 Å². The van der Waals surface area contributed by atoms with Crippen molar-refractivity contribution in [2.75, 3.05) is 39.3 Å². The number of rotatable bonds is 5. The van der Waals surface area contributed by atoms with E-state index in [4.69, 9.17) is 4.74 Å². The molecule has 0 saturated carbocycles. The first-order valence-corrected chi connectivity index (χ1v) is 8.91. The smallest absolute Gasteiger partial charge is 0.363 e. The van der Waals surface area contributed by atoms with Crippen molar-refractivity contribution in [1.82, 2.24) is 4.98 Å². The quantitative estimate of drug-likeness (QED) is 0.424. The molecule has 1 aliphatic rings. The highest BCUT2D eigenvalue weighted by atomic mass is 35.5. The number of ether oxygens (including phenoxy) is 1. The highest BCUT2D eigenvalue weighted by molar-refractivity contribution is 6.35. The van der Waals surface area contributed by atoms with Gasteiger partial charge in [0, 0.05) is 17.0 Å². The van der Waals surface area contributed by atoms with Crippen molar-refractivity contribution >= 4 is 29.2 Å². The number of hydrogen-bond acceptors (Lipinski definition) is 3. The lowest BCUT2D eigenvalue weighted by molar-refractivity contribution is -0.862. The van der Waals surface area contributed by atoms with E-state index in [9.17, 15) is 9.59 Å². The lowest BCUT2D eigenvalue weighted by atomic mass is 10.1. The minimum Gasteiger partial charge on any atom is -1.00 e. The number of quaternary nitrogens is 1. The number of benzene rings is 1. The van der Waals surface area contributed by atoms with Crippen LogP contribution in [-0.4, -0.2) is 55.8 Å². The summed E-state index contributed by atoms with van der Waals surface area (Å²) >= 11 is 0. The van der Waals surface area contributed by atoms with Crippen molar-refractivity contribution in [3.05, 3.63) is 52.8 Å². The lowest BCUT2D eigenvalue weighted by Gasteiger charge is -2.23. The number of nitrogens with zero attached hydrogens (tertiary/aromatic N) is 2. The topological polar surface area (TPSA) is 62.4 Å². The summed E-state index contributed by atoms with van der Waals surface area (Å²) in [6.45, 7) is 4.15. The van der Waals surface area contributed by atoms with E-state index in [1.807, 2.05) is 71.4 Å². The molecule has 0 saturated heterocycles. The summed E-state index contributed by atoms with van der Waals surface area (Å²) in [5, 5.41) is 0. The number of carbonyl (C=O) groups excluding carboxylic acids is 2. The van der Waals surface area contributed by atoms with E-state index in [2.05, 4.69) is 4.98 Å². The molecule has 0 bridgehead atoms. The van der Waals surface area contributed by atoms with Crippen LogP contribution in [0, 0.1) is 13.8 Å². The highest BCUT2D eigenvalue weighted by Gasteiger charge is 2.33. The van der Waals surface area contributed by atoms with Crippen molar-refractivity contribution in [2.24, 2.45) is 0 Å². The maximum Gasteiger partial charge on any atom is 0.363 e. The Balaban J connectivity index is 0.00000280. The molecule has 0 fully saturated rings. The van der Waals surface area contributed by atoms with Crippen LogP contribution in [0.4, 0.5) is 5.69 Å². The Morgan fingerprint density at radius 1 is 1.21 bits per heavy atom. The summed E-state index contributed by atoms with van der Waals surface area (Å²) < 4.78 is 5.84. The molecule has 28 heavy (non-hydrogen) atoms. The van der Waals surface area contributed by atoms with E-state index >= 15 is 0 Å². The summed E-state index contributed by atoms with van der Waals surface area (Å²) in [5.74, 6) is -0.498. The molecule has 1 amide bonds. The van der Waals surface area contributed by atoms with Crippen molar-refractivity contribution in [3.8, 4) is 0 Å².